The molecule has 0 amide bonds. The summed E-state index contributed by atoms with van der Waals surface area (Å²) >= 11 is 0.840. The van der Waals surface area contributed by atoms with Gasteiger partial charge in [0.05, 0.1) is 24.9 Å². The smallest absolute Gasteiger partial charge is 0.358 e. The lowest BCUT2D eigenvalue weighted by Crippen LogP contribution is -2.24. The standard InChI is InChI=1S/C10H10N4O4S2/c1-18-9(15)8-10(19-6-13-8)20(16,17)14-4-7-2-3-11-5-12-7/h2-3,5-6,14H,4H2,1H3. The Bertz CT molecular complexity index is 699. The maximum atomic E-state index is 12.1. The van der Waals surface area contributed by atoms with Crippen molar-refractivity contribution >= 4 is 27.3 Å². The zero-order chi connectivity index (χ0) is 14.6. The van der Waals surface area contributed by atoms with Crippen LogP contribution in [0.4, 0.5) is 0 Å². The van der Waals surface area contributed by atoms with Crippen molar-refractivity contribution in [2.75, 3.05) is 7.11 Å². The lowest BCUT2D eigenvalue weighted by Gasteiger charge is -2.05. The molecule has 0 atom stereocenters. The summed E-state index contributed by atoms with van der Waals surface area (Å²) in [6.07, 6.45) is 2.82. The Labute approximate surface area is 118 Å². The Kier molecular flexibility index (Phi) is 4.37. The largest absolute Gasteiger partial charge is 0.464 e. The number of thiazole rings is 1. The maximum Gasteiger partial charge on any atom is 0.358 e. The fraction of sp³-hybridized carbons (Fsp3) is 0.200. The van der Waals surface area contributed by atoms with Crippen molar-refractivity contribution in [3.63, 3.8) is 0 Å². The van der Waals surface area contributed by atoms with E-state index in [0.717, 1.165) is 18.4 Å². The van der Waals surface area contributed by atoms with Crippen molar-refractivity contribution < 1.29 is 17.9 Å². The highest BCUT2D eigenvalue weighted by molar-refractivity contribution is 7.91. The molecular weight excluding hydrogens is 304 g/mol. The molecule has 8 nitrogen and oxygen atoms in total. The Balaban J connectivity index is 2.19. The normalized spacial score (nSPS) is 11.2. The summed E-state index contributed by atoms with van der Waals surface area (Å²) in [5, 5.41) is 0. The summed E-state index contributed by atoms with van der Waals surface area (Å²) in [5.41, 5.74) is 1.55. The Morgan fingerprint density at radius 3 is 2.90 bits per heavy atom. The number of rotatable bonds is 5. The second kappa shape index (κ2) is 6.03. The van der Waals surface area contributed by atoms with Crippen molar-refractivity contribution in [3.8, 4) is 0 Å². The molecule has 2 heterocycles. The van der Waals surface area contributed by atoms with Crippen molar-refractivity contribution in [2.45, 2.75) is 10.8 Å². The number of hydrogen-bond acceptors (Lipinski definition) is 8. The second-order valence-corrected chi connectivity index (χ2v) is 6.32. The van der Waals surface area contributed by atoms with Gasteiger partial charge in [-0.05, 0) is 6.07 Å². The Morgan fingerprint density at radius 2 is 2.25 bits per heavy atom. The monoisotopic (exact) mass is 314 g/mol. The van der Waals surface area contributed by atoms with Crippen molar-refractivity contribution in [3.05, 3.63) is 35.5 Å². The molecule has 0 bridgehead atoms. The Morgan fingerprint density at radius 1 is 1.45 bits per heavy atom. The second-order valence-electron chi connectivity index (χ2n) is 3.51. The fourth-order valence-corrected chi connectivity index (χ4v) is 3.49. The minimum Gasteiger partial charge on any atom is -0.464 e. The minimum atomic E-state index is -3.86. The van der Waals surface area contributed by atoms with E-state index in [1.807, 2.05) is 0 Å². The van der Waals surface area contributed by atoms with E-state index in [9.17, 15) is 13.2 Å². The third-order valence-corrected chi connectivity index (χ3v) is 5.02. The number of carbonyl (C=O) groups is 1. The molecule has 0 saturated carbocycles. The molecule has 0 fully saturated rings. The van der Waals surface area contributed by atoms with Crippen LogP contribution in [-0.2, 0) is 21.3 Å². The van der Waals surface area contributed by atoms with E-state index in [1.165, 1.54) is 18.0 Å². The number of aromatic nitrogens is 3. The van der Waals surface area contributed by atoms with Crippen LogP contribution in [-0.4, -0.2) is 36.4 Å². The highest BCUT2D eigenvalue weighted by Gasteiger charge is 2.26. The number of hydrogen-bond donors (Lipinski definition) is 1. The van der Waals surface area contributed by atoms with Crippen LogP contribution in [0.2, 0.25) is 0 Å². The van der Waals surface area contributed by atoms with Crippen LogP contribution in [0.25, 0.3) is 0 Å². The molecular formula is C10H10N4O4S2. The van der Waals surface area contributed by atoms with Gasteiger partial charge in [0, 0.05) is 6.20 Å². The molecule has 0 unspecified atom stereocenters. The molecule has 0 spiro atoms. The van der Waals surface area contributed by atoms with E-state index in [1.54, 1.807) is 6.07 Å². The lowest BCUT2D eigenvalue weighted by atomic mass is 10.4. The molecule has 106 valence electrons. The first kappa shape index (κ1) is 14.5. The molecule has 2 aromatic heterocycles. The van der Waals surface area contributed by atoms with Gasteiger partial charge >= 0.3 is 5.97 Å². The molecule has 20 heavy (non-hydrogen) atoms. The summed E-state index contributed by atoms with van der Waals surface area (Å²) in [7, 11) is -2.70. The van der Waals surface area contributed by atoms with Crippen LogP contribution in [0.1, 0.15) is 16.2 Å². The quantitative estimate of drug-likeness (QED) is 0.784. The Hall–Kier alpha value is -1.91. The SMILES string of the molecule is COC(=O)c1ncsc1S(=O)(=O)NCc1ccncn1. The van der Waals surface area contributed by atoms with Gasteiger partial charge in [0.15, 0.2) is 9.90 Å². The summed E-state index contributed by atoms with van der Waals surface area (Å²) in [5.74, 6) is -0.798. The first-order valence-electron chi connectivity index (χ1n) is 5.31. The number of nitrogens with zero attached hydrogens (tertiary/aromatic N) is 3. The van der Waals surface area contributed by atoms with Crippen LogP contribution in [0, 0.1) is 0 Å². The van der Waals surface area contributed by atoms with E-state index in [-0.39, 0.29) is 16.4 Å². The summed E-state index contributed by atoms with van der Waals surface area (Å²) in [6, 6.07) is 1.58. The third-order valence-electron chi connectivity index (χ3n) is 2.24. The molecule has 0 aliphatic heterocycles. The van der Waals surface area contributed by atoms with Gasteiger partial charge in [0.2, 0.25) is 0 Å². The van der Waals surface area contributed by atoms with Gasteiger partial charge in [-0.1, -0.05) is 0 Å². The van der Waals surface area contributed by atoms with Gasteiger partial charge < -0.3 is 4.74 Å². The zero-order valence-electron chi connectivity index (χ0n) is 10.3. The van der Waals surface area contributed by atoms with Crippen LogP contribution >= 0.6 is 11.3 Å². The number of ether oxygens (including phenoxy) is 1. The number of esters is 1. The van der Waals surface area contributed by atoms with Gasteiger partial charge in [-0.2, -0.15) is 0 Å². The number of methoxy groups -OCH3 is 1. The predicted octanol–water partition coefficient (Wildman–Crippen LogP) is 0.198. The molecule has 0 radical (unpaired) electrons. The lowest BCUT2D eigenvalue weighted by molar-refractivity contribution is 0.0590. The van der Waals surface area contributed by atoms with E-state index in [2.05, 4.69) is 24.4 Å². The first-order chi connectivity index (χ1) is 9.54. The zero-order valence-corrected chi connectivity index (χ0v) is 11.9. The van der Waals surface area contributed by atoms with Gasteiger partial charge in [-0.3, -0.25) is 0 Å². The van der Waals surface area contributed by atoms with Crippen LogP contribution < -0.4 is 4.72 Å². The molecule has 0 aliphatic rings. The number of nitrogens with one attached hydrogen (secondary N) is 1. The molecule has 1 N–H and O–H groups in total. The summed E-state index contributed by atoms with van der Waals surface area (Å²) < 4.78 is 30.9. The minimum absolute atomic E-state index is 0.0105. The molecule has 0 aliphatic carbocycles. The molecule has 10 heteroatoms. The average Bonchev–Trinajstić information content (AvgIpc) is 2.96. The molecule has 2 rings (SSSR count). The summed E-state index contributed by atoms with van der Waals surface area (Å²) in [4.78, 5) is 22.8. The highest BCUT2D eigenvalue weighted by Crippen LogP contribution is 2.20. The third kappa shape index (κ3) is 3.15. The van der Waals surface area contributed by atoms with E-state index >= 15 is 0 Å². The number of carbonyl (C=O) groups excluding carboxylic acids is 1. The molecule has 2 aromatic rings. The van der Waals surface area contributed by atoms with Gasteiger partial charge in [-0.25, -0.2) is 32.9 Å². The van der Waals surface area contributed by atoms with E-state index < -0.39 is 16.0 Å². The maximum absolute atomic E-state index is 12.1. The van der Waals surface area contributed by atoms with Crippen molar-refractivity contribution in [1.29, 1.82) is 0 Å². The van der Waals surface area contributed by atoms with Crippen molar-refractivity contribution in [2.24, 2.45) is 0 Å². The van der Waals surface area contributed by atoms with E-state index in [0.29, 0.717) is 5.69 Å². The number of sulfonamides is 1. The van der Waals surface area contributed by atoms with Crippen molar-refractivity contribution in [1.82, 2.24) is 19.7 Å². The van der Waals surface area contributed by atoms with Gasteiger partial charge in [0.1, 0.15) is 6.33 Å². The average molecular weight is 314 g/mol. The highest BCUT2D eigenvalue weighted by atomic mass is 32.2. The topological polar surface area (TPSA) is 111 Å². The van der Waals surface area contributed by atoms with Gasteiger partial charge in [-0.15, -0.1) is 11.3 Å². The molecule has 0 aromatic carbocycles. The van der Waals surface area contributed by atoms with E-state index in [4.69, 9.17) is 0 Å². The molecule has 0 saturated heterocycles. The first-order valence-corrected chi connectivity index (χ1v) is 7.67. The fourth-order valence-electron chi connectivity index (χ4n) is 1.32. The predicted molar refractivity (Wildman–Crippen MR) is 69.5 cm³/mol. The van der Waals surface area contributed by atoms with Crippen LogP contribution in [0.15, 0.2) is 28.3 Å². The summed E-state index contributed by atoms with van der Waals surface area (Å²) in [6.45, 7) is -0.0105. The van der Waals surface area contributed by atoms with Crippen LogP contribution in [0.5, 0.6) is 0 Å². The van der Waals surface area contributed by atoms with Crippen LogP contribution in [0.3, 0.4) is 0 Å². The van der Waals surface area contributed by atoms with Gasteiger partial charge in [0.25, 0.3) is 10.0 Å².